The van der Waals surface area contributed by atoms with Crippen LogP contribution in [0.3, 0.4) is 0 Å². The van der Waals surface area contributed by atoms with Crippen molar-refractivity contribution in [3.63, 3.8) is 0 Å². The van der Waals surface area contributed by atoms with Gasteiger partial charge in [-0.25, -0.2) is 8.78 Å². The van der Waals surface area contributed by atoms with Gasteiger partial charge in [0.1, 0.15) is 6.04 Å². The van der Waals surface area contributed by atoms with Crippen molar-refractivity contribution in [2.24, 2.45) is 5.73 Å². The minimum Gasteiger partial charge on any atom is -0.487 e. The molecule has 0 fully saturated rings. The molecule has 0 aliphatic carbocycles. The van der Waals surface area contributed by atoms with E-state index >= 15 is 0 Å². The molecular weight excluding hydrogens is 258 g/mol. The maximum atomic E-state index is 13.1. The molecule has 1 rings (SSSR count). The number of hydrogen-bond donors (Lipinski definition) is 2. The van der Waals surface area contributed by atoms with E-state index in [4.69, 9.17) is 10.8 Å². The number of rotatable bonds is 5. The fraction of sp³-hybridized carbons (Fsp3) is 0.300. The first-order chi connectivity index (χ1) is 8.34. The van der Waals surface area contributed by atoms with Crippen LogP contribution in [-0.2, 0) is 4.79 Å². The normalized spacial score (nSPS) is 12.3. The molecule has 0 aliphatic rings. The lowest BCUT2D eigenvalue weighted by Gasteiger charge is -2.10. The zero-order valence-electron chi connectivity index (χ0n) is 8.92. The van der Waals surface area contributed by atoms with Crippen LogP contribution in [0.5, 0.6) is 5.75 Å². The maximum absolute atomic E-state index is 13.1. The largest absolute Gasteiger partial charge is 0.487 e. The Bertz CT molecular complexity index is 441. The molecular formula is C10H9F4NO3. The van der Waals surface area contributed by atoms with Crippen LogP contribution in [-0.4, -0.2) is 23.7 Å². The van der Waals surface area contributed by atoms with E-state index in [1.54, 1.807) is 0 Å². The highest BCUT2D eigenvalue weighted by Gasteiger charge is 2.21. The molecule has 0 saturated heterocycles. The zero-order chi connectivity index (χ0) is 13.9. The number of nitrogens with two attached hydrogens (primary N) is 1. The molecule has 1 aromatic carbocycles. The van der Waals surface area contributed by atoms with E-state index in [-0.39, 0.29) is 12.5 Å². The number of carboxylic acids is 1. The molecule has 8 heteroatoms. The standard InChI is InChI=1S/C10H9F4NO3/c11-4-3-5(12)8(14)9(7(4)13)18-2-1-6(15)10(16)17/h3,6H,1-2,15H2,(H,16,17). The molecule has 0 radical (unpaired) electrons. The summed E-state index contributed by atoms with van der Waals surface area (Å²) in [6.45, 7) is -0.496. The van der Waals surface area contributed by atoms with E-state index in [1.165, 1.54) is 0 Å². The van der Waals surface area contributed by atoms with Crippen molar-refractivity contribution in [1.29, 1.82) is 0 Å². The third-order valence-corrected chi connectivity index (χ3v) is 2.06. The minimum atomic E-state index is -1.68. The summed E-state index contributed by atoms with van der Waals surface area (Å²) in [5, 5.41) is 8.43. The Balaban J connectivity index is 2.76. The zero-order valence-corrected chi connectivity index (χ0v) is 8.92. The number of benzene rings is 1. The molecule has 0 bridgehead atoms. The van der Waals surface area contributed by atoms with E-state index in [1.807, 2.05) is 0 Å². The number of aliphatic carboxylic acids is 1. The second kappa shape index (κ2) is 5.67. The lowest BCUT2D eigenvalue weighted by atomic mass is 10.2. The van der Waals surface area contributed by atoms with E-state index in [0.29, 0.717) is 0 Å². The van der Waals surface area contributed by atoms with Gasteiger partial charge in [0.05, 0.1) is 6.61 Å². The highest BCUT2D eigenvalue weighted by Crippen LogP contribution is 2.26. The topological polar surface area (TPSA) is 72.5 Å². The molecule has 0 amide bonds. The molecule has 1 atom stereocenters. The first-order valence-electron chi connectivity index (χ1n) is 4.78. The third kappa shape index (κ3) is 3.10. The maximum Gasteiger partial charge on any atom is 0.320 e. The predicted molar refractivity (Wildman–Crippen MR) is 52.0 cm³/mol. The lowest BCUT2D eigenvalue weighted by molar-refractivity contribution is -0.138. The van der Waals surface area contributed by atoms with Crippen LogP contribution in [0.1, 0.15) is 6.42 Å². The van der Waals surface area contributed by atoms with Gasteiger partial charge in [0.2, 0.25) is 11.6 Å². The highest BCUT2D eigenvalue weighted by atomic mass is 19.2. The predicted octanol–water partition coefficient (Wildman–Crippen LogP) is 1.42. The SMILES string of the molecule is NC(CCOc1c(F)c(F)cc(F)c1F)C(=O)O. The second-order valence-electron chi connectivity index (χ2n) is 3.38. The van der Waals surface area contributed by atoms with Crippen LogP contribution in [0.2, 0.25) is 0 Å². The van der Waals surface area contributed by atoms with E-state index in [9.17, 15) is 22.4 Å². The summed E-state index contributed by atoms with van der Waals surface area (Å²) in [5.74, 6) is -9.14. The molecule has 3 N–H and O–H groups in total. The Kier molecular flexibility index (Phi) is 4.49. The van der Waals surface area contributed by atoms with Gasteiger partial charge in [-0.05, 0) is 0 Å². The Labute approximate surface area is 99.0 Å². The number of ether oxygens (including phenoxy) is 1. The molecule has 18 heavy (non-hydrogen) atoms. The van der Waals surface area contributed by atoms with Crippen LogP contribution < -0.4 is 10.5 Å². The van der Waals surface area contributed by atoms with Crippen molar-refractivity contribution in [3.05, 3.63) is 29.3 Å². The summed E-state index contributed by atoms with van der Waals surface area (Å²) in [7, 11) is 0. The second-order valence-corrected chi connectivity index (χ2v) is 3.38. The fourth-order valence-corrected chi connectivity index (χ4v) is 1.09. The van der Waals surface area contributed by atoms with Crippen molar-refractivity contribution in [3.8, 4) is 5.75 Å². The van der Waals surface area contributed by atoms with Gasteiger partial charge < -0.3 is 15.6 Å². The average Bonchev–Trinajstić information content (AvgIpc) is 2.30. The first-order valence-corrected chi connectivity index (χ1v) is 4.78. The van der Waals surface area contributed by atoms with E-state index in [2.05, 4.69) is 4.74 Å². The van der Waals surface area contributed by atoms with Crippen molar-refractivity contribution >= 4 is 5.97 Å². The van der Waals surface area contributed by atoms with Crippen LogP contribution in [0.4, 0.5) is 17.6 Å². The average molecular weight is 267 g/mol. The summed E-state index contributed by atoms with van der Waals surface area (Å²) in [6.07, 6.45) is -0.271. The molecule has 4 nitrogen and oxygen atoms in total. The number of halogens is 4. The van der Waals surface area contributed by atoms with Gasteiger partial charge >= 0.3 is 5.97 Å². The van der Waals surface area contributed by atoms with Gasteiger partial charge in [-0.3, -0.25) is 4.79 Å². The Morgan fingerprint density at radius 3 is 2.22 bits per heavy atom. The molecule has 0 spiro atoms. The van der Waals surface area contributed by atoms with Crippen LogP contribution in [0.15, 0.2) is 6.07 Å². The monoisotopic (exact) mass is 267 g/mol. The van der Waals surface area contributed by atoms with Gasteiger partial charge in [0.15, 0.2) is 17.4 Å². The summed E-state index contributed by atoms with van der Waals surface area (Å²) in [6, 6.07) is -1.25. The third-order valence-electron chi connectivity index (χ3n) is 2.06. The van der Waals surface area contributed by atoms with Crippen LogP contribution in [0.25, 0.3) is 0 Å². The Hall–Kier alpha value is -1.83. The van der Waals surface area contributed by atoms with Crippen molar-refractivity contribution < 1.29 is 32.2 Å². The molecule has 0 aromatic heterocycles. The van der Waals surface area contributed by atoms with Gasteiger partial charge in [0, 0.05) is 12.5 Å². The van der Waals surface area contributed by atoms with Gasteiger partial charge in [-0.15, -0.1) is 0 Å². The summed E-state index contributed by atoms with van der Waals surface area (Å²) < 4.78 is 56.1. The molecule has 100 valence electrons. The highest BCUT2D eigenvalue weighted by molar-refractivity contribution is 5.72. The Morgan fingerprint density at radius 1 is 1.28 bits per heavy atom. The van der Waals surface area contributed by atoms with E-state index < -0.39 is 47.6 Å². The fourth-order valence-electron chi connectivity index (χ4n) is 1.09. The van der Waals surface area contributed by atoms with Gasteiger partial charge in [0.25, 0.3) is 0 Å². The Morgan fingerprint density at radius 2 is 1.78 bits per heavy atom. The number of carbonyl (C=O) groups is 1. The molecule has 1 unspecified atom stereocenters. The van der Waals surface area contributed by atoms with Crippen molar-refractivity contribution in [2.45, 2.75) is 12.5 Å². The molecule has 0 heterocycles. The minimum absolute atomic E-state index is 0.0422. The van der Waals surface area contributed by atoms with Crippen LogP contribution >= 0.6 is 0 Å². The molecule has 0 aliphatic heterocycles. The quantitative estimate of drug-likeness (QED) is 0.625. The van der Waals surface area contributed by atoms with Gasteiger partial charge in [-0.1, -0.05) is 0 Å². The summed E-state index contributed by atoms with van der Waals surface area (Å²) in [4.78, 5) is 10.3. The molecule has 0 saturated carbocycles. The lowest BCUT2D eigenvalue weighted by Crippen LogP contribution is -2.31. The van der Waals surface area contributed by atoms with Crippen molar-refractivity contribution in [1.82, 2.24) is 0 Å². The molecule has 1 aromatic rings. The smallest absolute Gasteiger partial charge is 0.320 e. The summed E-state index contributed by atoms with van der Waals surface area (Å²) >= 11 is 0. The number of carboxylic acid groups (broad SMARTS) is 1. The van der Waals surface area contributed by atoms with Gasteiger partial charge in [-0.2, -0.15) is 8.78 Å². The van der Waals surface area contributed by atoms with Crippen molar-refractivity contribution in [2.75, 3.05) is 6.61 Å². The summed E-state index contributed by atoms with van der Waals surface area (Å²) in [5.41, 5.74) is 5.10. The number of hydrogen-bond acceptors (Lipinski definition) is 3. The van der Waals surface area contributed by atoms with Crippen LogP contribution in [0, 0.1) is 23.3 Å². The first kappa shape index (κ1) is 14.2. The van der Waals surface area contributed by atoms with E-state index in [0.717, 1.165) is 0 Å².